The molecule has 2 heterocycles. The standard InChI is InChI=1S/C11H12ClN3S/c1-7(13-2)10-6-15-11(16-10)9-4-3-8(12)5-14-9/h3-7,13H,1-2H3. The molecule has 0 amide bonds. The molecule has 0 aliphatic rings. The van der Waals surface area contributed by atoms with Crippen LogP contribution in [0.2, 0.25) is 5.02 Å². The summed E-state index contributed by atoms with van der Waals surface area (Å²) >= 11 is 7.43. The van der Waals surface area contributed by atoms with E-state index in [0.717, 1.165) is 10.7 Å². The fraction of sp³-hybridized carbons (Fsp3) is 0.273. The minimum absolute atomic E-state index is 0.318. The van der Waals surface area contributed by atoms with Gasteiger partial charge in [0.25, 0.3) is 0 Å². The Hall–Kier alpha value is -0.970. The number of pyridine rings is 1. The van der Waals surface area contributed by atoms with Gasteiger partial charge >= 0.3 is 0 Å². The molecule has 0 spiro atoms. The number of halogens is 1. The van der Waals surface area contributed by atoms with E-state index in [9.17, 15) is 0 Å². The molecule has 0 saturated carbocycles. The van der Waals surface area contributed by atoms with Crippen LogP contribution in [-0.2, 0) is 0 Å². The minimum atomic E-state index is 0.318. The third-order valence-electron chi connectivity index (χ3n) is 2.33. The number of nitrogens with zero attached hydrogens (tertiary/aromatic N) is 2. The lowest BCUT2D eigenvalue weighted by Crippen LogP contribution is -2.10. The molecule has 16 heavy (non-hydrogen) atoms. The van der Waals surface area contributed by atoms with Crippen LogP contribution in [-0.4, -0.2) is 17.0 Å². The summed E-state index contributed by atoms with van der Waals surface area (Å²) in [5, 5.41) is 4.75. The lowest BCUT2D eigenvalue weighted by atomic mass is 10.3. The van der Waals surface area contributed by atoms with Crippen molar-refractivity contribution in [2.45, 2.75) is 13.0 Å². The zero-order valence-electron chi connectivity index (χ0n) is 9.07. The summed E-state index contributed by atoms with van der Waals surface area (Å²) in [7, 11) is 1.94. The summed E-state index contributed by atoms with van der Waals surface area (Å²) in [4.78, 5) is 9.80. The summed E-state index contributed by atoms with van der Waals surface area (Å²) in [5.74, 6) is 0. The molecule has 84 valence electrons. The van der Waals surface area contributed by atoms with Crippen LogP contribution in [0, 0.1) is 0 Å². The Labute approximate surface area is 104 Å². The monoisotopic (exact) mass is 253 g/mol. The van der Waals surface area contributed by atoms with E-state index in [1.807, 2.05) is 25.4 Å². The van der Waals surface area contributed by atoms with Gasteiger partial charge in [-0.15, -0.1) is 11.3 Å². The Morgan fingerprint density at radius 1 is 1.31 bits per heavy atom. The van der Waals surface area contributed by atoms with Gasteiger partial charge in [-0.2, -0.15) is 0 Å². The highest BCUT2D eigenvalue weighted by atomic mass is 35.5. The molecule has 0 radical (unpaired) electrons. The summed E-state index contributed by atoms with van der Waals surface area (Å²) in [6, 6.07) is 4.03. The zero-order valence-corrected chi connectivity index (χ0v) is 10.6. The highest BCUT2D eigenvalue weighted by Crippen LogP contribution is 2.27. The predicted molar refractivity (Wildman–Crippen MR) is 67.8 cm³/mol. The molecule has 0 bridgehead atoms. The molecule has 0 aliphatic heterocycles. The number of nitrogens with one attached hydrogen (secondary N) is 1. The summed E-state index contributed by atoms with van der Waals surface area (Å²) in [6.45, 7) is 2.10. The summed E-state index contributed by atoms with van der Waals surface area (Å²) in [5.41, 5.74) is 0.865. The first-order valence-corrected chi connectivity index (χ1v) is 6.15. The van der Waals surface area contributed by atoms with Gasteiger partial charge in [-0.25, -0.2) is 4.98 Å². The maximum Gasteiger partial charge on any atom is 0.142 e. The van der Waals surface area contributed by atoms with Crippen molar-refractivity contribution in [3.05, 3.63) is 34.4 Å². The molecule has 0 aromatic carbocycles. The van der Waals surface area contributed by atoms with Gasteiger partial charge in [0.15, 0.2) is 0 Å². The van der Waals surface area contributed by atoms with E-state index >= 15 is 0 Å². The molecule has 1 atom stereocenters. The molecule has 3 nitrogen and oxygen atoms in total. The Bertz CT molecular complexity index is 466. The fourth-order valence-corrected chi connectivity index (χ4v) is 2.32. The van der Waals surface area contributed by atoms with E-state index in [0.29, 0.717) is 11.1 Å². The van der Waals surface area contributed by atoms with E-state index < -0.39 is 0 Å². The van der Waals surface area contributed by atoms with Crippen LogP contribution >= 0.6 is 22.9 Å². The van der Waals surface area contributed by atoms with Crippen LogP contribution in [0.5, 0.6) is 0 Å². The molecule has 0 fully saturated rings. The smallest absolute Gasteiger partial charge is 0.142 e. The van der Waals surface area contributed by atoms with E-state index in [1.54, 1.807) is 17.5 Å². The van der Waals surface area contributed by atoms with Crippen LogP contribution in [0.25, 0.3) is 10.7 Å². The van der Waals surface area contributed by atoms with Crippen molar-refractivity contribution in [3.8, 4) is 10.7 Å². The molecule has 5 heteroatoms. The van der Waals surface area contributed by atoms with Gasteiger partial charge < -0.3 is 5.32 Å². The van der Waals surface area contributed by atoms with Crippen molar-refractivity contribution < 1.29 is 0 Å². The molecular weight excluding hydrogens is 242 g/mol. The highest BCUT2D eigenvalue weighted by molar-refractivity contribution is 7.15. The van der Waals surface area contributed by atoms with Gasteiger partial charge in [-0.05, 0) is 26.1 Å². The second-order valence-corrected chi connectivity index (χ2v) is 4.94. The molecule has 2 rings (SSSR count). The van der Waals surface area contributed by atoms with Gasteiger partial charge in [0.2, 0.25) is 0 Å². The van der Waals surface area contributed by atoms with Crippen molar-refractivity contribution in [2.75, 3.05) is 7.05 Å². The Kier molecular flexibility index (Phi) is 3.53. The maximum absolute atomic E-state index is 5.79. The van der Waals surface area contributed by atoms with Crippen molar-refractivity contribution >= 4 is 22.9 Å². The van der Waals surface area contributed by atoms with E-state index in [-0.39, 0.29) is 0 Å². The van der Waals surface area contributed by atoms with Gasteiger partial charge in [0, 0.05) is 23.3 Å². The van der Waals surface area contributed by atoms with E-state index in [2.05, 4.69) is 22.2 Å². The van der Waals surface area contributed by atoms with Gasteiger partial charge in [-0.1, -0.05) is 11.6 Å². The first-order valence-electron chi connectivity index (χ1n) is 4.95. The first-order chi connectivity index (χ1) is 7.70. The van der Waals surface area contributed by atoms with Crippen molar-refractivity contribution in [1.29, 1.82) is 0 Å². The second-order valence-electron chi connectivity index (χ2n) is 3.44. The van der Waals surface area contributed by atoms with Crippen LogP contribution in [0.1, 0.15) is 17.8 Å². The maximum atomic E-state index is 5.79. The average Bonchev–Trinajstić information content (AvgIpc) is 2.78. The van der Waals surface area contributed by atoms with Gasteiger partial charge in [0.05, 0.1) is 10.7 Å². The number of aromatic nitrogens is 2. The second kappa shape index (κ2) is 4.91. The number of hydrogen-bond acceptors (Lipinski definition) is 4. The fourth-order valence-electron chi connectivity index (χ4n) is 1.25. The largest absolute Gasteiger partial charge is 0.312 e. The lowest BCUT2D eigenvalue weighted by Gasteiger charge is -2.04. The SMILES string of the molecule is CNC(C)c1cnc(-c2ccc(Cl)cn2)s1. The Morgan fingerprint density at radius 3 is 2.75 bits per heavy atom. The van der Waals surface area contributed by atoms with Gasteiger partial charge in [0.1, 0.15) is 5.01 Å². The van der Waals surface area contributed by atoms with Crippen LogP contribution in [0.4, 0.5) is 0 Å². The van der Waals surface area contributed by atoms with Crippen molar-refractivity contribution in [1.82, 2.24) is 15.3 Å². The molecule has 1 N–H and O–H groups in total. The topological polar surface area (TPSA) is 37.8 Å². The number of hydrogen-bond donors (Lipinski definition) is 1. The first kappa shape index (κ1) is 11.5. The third kappa shape index (κ3) is 2.40. The summed E-state index contributed by atoms with van der Waals surface area (Å²) < 4.78 is 0. The number of thiazole rings is 1. The molecule has 0 saturated heterocycles. The van der Waals surface area contributed by atoms with Gasteiger partial charge in [-0.3, -0.25) is 4.98 Å². The normalized spacial score (nSPS) is 12.7. The lowest BCUT2D eigenvalue weighted by molar-refractivity contribution is 0.662. The Balaban J connectivity index is 2.28. The van der Waals surface area contributed by atoms with E-state index in [1.165, 1.54) is 4.88 Å². The van der Waals surface area contributed by atoms with Crippen LogP contribution in [0.15, 0.2) is 24.5 Å². The van der Waals surface area contributed by atoms with Crippen LogP contribution in [0.3, 0.4) is 0 Å². The highest BCUT2D eigenvalue weighted by Gasteiger charge is 2.09. The zero-order chi connectivity index (χ0) is 11.5. The molecule has 2 aromatic rings. The molecule has 2 aromatic heterocycles. The Morgan fingerprint density at radius 2 is 2.12 bits per heavy atom. The molecular formula is C11H12ClN3S. The van der Waals surface area contributed by atoms with E-state index in [4.69, 9.17) is 11.6 Å². The molecule has 1 unspecified atom stereocenters. The quantitative estimate of drug-likeness (QED) is 0.913. The predicted octanol–water partition coefficient (Wildman–Crippen LogP) is 3.14. The summed E-state index contributed by atoms with van der Waals surface area (Å²) in [6.07, 6.45) is 3.52. The van der Waals surface area contributed by atoms with Crippen LogP contribution < -0.4 is 5.32 Å². The number of rotatable bonds is 3. The third-order valence-corrected chi connectivity index (χ3v) is 3.76. The average molecular weight is 254 g/mol. The molecule has 0 aliphatic carbocycles. The minimum Gasteiger partial charge on any atom is -0.312 e. The van der Waals surface area contributed by atoms with Crippen molar-refractivity contribution in [2.24, 2.45) is 0 Å². The van der Waals surface area contributed by atoms with Crippen molar-refractivity contribution in [3.63, 3.8) is 0 Å².